The Morgan fingerprint density at radius 3 is 2.62 bits per heavy atom. The van der Waals surface area contributed by atoms with E-state index >= 15 is 0 Å². The Hall–Kier alpha value is -3.81. The van der Waals surface area contributed by atoms with Crippen molar-refractivity contribution in [3.05, 3.63) is 52.9 Å². The Kier molecular flexibility index (Phi) is 7.38. The molecule has 1 aromatic heterocycles. The van der Waals surface area contributed by atoms with Crippen LogP contribution in [0.3, 0.4) is 0 Å². The van der Waals surface area contributed by atoms with E-state index in [1.165, 1.54) is 22.5 Å². The molecule has 2 unspecified atom stereocenters. The first-order valence-electron chi connectivity index (χ1n) is 12.6. The van der Waals surface area contributed by atoms with Crippen LogP contribution in [-0.4, -0.2) is 82.2 Å². The molecule has 0 aliphatic carbocycles. The molecule has 3 heterocycles. The Bertz CT molecular complexity index is 1480. The van der Waals surface area contributed by atoms with Crippen molar-refractivity contribution in [1.82, 2.24) is 14.5 Å². The van der Waals surface area contributed by atoms with Gasteiger partial charge in [-0.15, -0.1) is 0 Å². The minimum atomic E-state index is -1.42. The number of aryl methyl sites for hydroxylation is 1. The van der Waals surface area contributed by atoms with Gasteiger partial charge in [0.1, 0.15) is 65.5 Å². The summed E-state index contributed by atoms with van der Waals surface area (Å²) in [6.45, 7) is 2.74. The highest BCUT2D eigenvalue weighted by atomic mass is 19.1. The number of esters is 1. The Balaban J connectivity index is 1.60. The largest absolute Gasteiger partial charge is 0.493 e. The van der Waals surface area contributed by atoms with Crippen LogP contribution >= 0.6 is 0 Å². The number of carbonyl (C=O) groups excluding carboxylic acids is 2. The molecule has 2 aliphatic rings. The number of carbonyl (C=O) groups is 2. The molecule has 5 atom stereocenters. The highest BCUT2D eigenvalue weighted by molar-refractivity contribution is 5.99. The Morgan fingerprint density at radius 1 is 1.18 bits per heavy atom. The smallest absolute Gasteiger partial charge is 0.302 e. The highest BCUT2D eigenvalue weighted by Crippen LogP contribution is 2.41. The SMILES string of the molecule is CC(=O)OC[C@H]1OC(n2c(C)nc3c(OC4CCOc5cc(F)cc(F)c54)cc(C(=O)N(C)C)cc32)[C@H](O)[C@H]1O. The van der Waals surface area contributed by atoms with Crippen LogP contribution in [0.15, 0.2) is 24.3 Å². The number of aliphatic hydroxyl groups excluding tert-OH is 2. The van der Waals surface area contributed by atoms with Crippen LogP contribution in [0.4, 0.5) is 8.78 Å². The topological polar surface area (TPSA) is 133 Å². The highest BCUT2D eigenvalue weighted by Gasteiger charge is 2.45. The quantitative estimate of drug-likeness (QED) is 0.436. The molecule has 1 saturated heterocycles. The molecule has 2 aliphatic heterocycles. The molecule has 0 spiro atoms. The maximum absolute atomic E-state index is 14.8. The molecular weight excluding hydrogens is 532 g/mol. The number of aromatic nitrogens is 2. The number of rotatable bonds is 6. The molecule has 0 saturated carbocycles. The first kappa shape index (κ1) is 27.7. The number of fused-ring (bicyclic) bond motifs is 2. The maximum atomic E-state index is 14.8. The molecule has 2 aromatic carbocycles. The molecule has 214 valence electrons. The molecule has 0 radical (unpaired) electrons. The summed E-state index contributed by atoms with van der Waals surface area (Å²) in [6.07, 6.45) is -5.55. The van der Waals surface area contributed by atoms with Gasteiger partial charge in [0.05, 0.1) is 17.7 Å². The molecule has 5 rings (SSSR count). The van der Waals surface area contributed by atoms with Gasteiger partial charge in [-0.3, -0.25) is 14.2 Å². The number of aliphatic hydroxyl groups is 2. The zero-order valence-corrected chi connectivity index (χ0v) is 22.3. The zero-order chi connectivity index (χ0) is 28.9. The number of imidazole rings is 1. The van der Waals surface area contributed by atoms with Gasteiger partial charge in [-0.05, 0) is 19.1 Å². The van der Waals surface area contributed by atoms with Crippen LogP contribution in [0.1, 0.15) is 47.4 Å². The van der Waals surface area contributed by atoms with Gasteiger partial charge in [0.2, 0.25) is 0 Å². The number of halogens is 2. The van der Waals surface area contributed by atoms with E-state index in [-0.39, 0.29) is 53.7 Å². The van der Waals surface area contributed by atoms with E-state index in [1.807, 2.05) is 0 Å². The number of benzene rings is 2. The molecule has 2 N–H and O–H groups in total. The van der Waals surface area contributed by atoms with E-state index in [4.69, 9.17) is 18.9 Å². The summed E-state index contributed by atoms with van der Waals surface area (Å²) in [5, 5.41) is 21.4. The fourth-order valence-corrected chi connectivity index (χ4v) is 5.04. The molecule has 1 fully saturated rings. The van der Waals surface area contributed by atoms with Crippen LogP contribution in [0.5, 0.6) is 11.5 Å². The third-order valence-electron chi connectivity index (χ3n) is 6.92. The minimum absolute atomic E-state index is 0.0301. The van der Waals surface area contributed by atoms with E-state index in [9.17, 15) is 28.6 Å². The van der Waals surface area contributed by atoms with Crippen molar-refractivity contribution >= 4 is 22.9 Å². The van der Waals surface area contributed by atoms with Crippen molar-refractivity contribution in [2.45, 2.75) is 50.9 Å². The number of amides is 1. The third kappa shape index (κ3) is 4.95. The van der Waals surface area contributed by atoms with Gasteiger partial charge >= 0.3 is 5.97 Å². The first-order valence-corrected chi connectivity index (χ1v) is 12.6. The lowest BCUT2D eigenvalue weighted by molar-refractivity contribution is -0.147. The summed E-state index contributed by atoms with van der Waals surface area (Å²) in [6, 6.07) is 4.88. The first-order chi connectivity index (χ1) is 19.0. The summed E-state index contributed by atoms with van der Waals surface area (Å²) < 4.78 is 52.7. The summed E-state index contributed by atoms with van der Waals surface area (Å²) >= 11 is 0. The van der Waals surface area contributed by atoms with Crippen LogP contribution in [0.2, 0.25) is 0 Å². The lowest BCUT2D eigenvalue weighted by Gasteiger charge is -2.27. The van der Waals surface area contributed by atoms with E-state index < -0.39 is 48.2 Å². The molecule has 11 nitrogen and oxygen atoms in total. The number of hydrogen-bond donors (Lipinski definition) is 2. The van der Waals surface area contributed by atoms with Crippen molar-refractivity contribution in [1.29, 1.82) is 0 Å². The summed E-state index contributed by atoms with van der Waals surface area (Å²) in [5.41, 5.74) is 0.894. The predicted molar refractivity (Wildman–Crippen MR) is 135 cm³/mol. The third-order valence-corrected chi connectivity index (χ3v) is 6.92. The van der Waals surface area contributed by atoms with Crippen LogP contribution in [-0.2, 0) is 14.3 Å². The number of ether oxygens (including phenoxy) is 4. The fourth-order valence-electron chi connectivity index (χ4n) is 5.04. The van der Waals surface area contributed by atoms with E-state index in [2.05, 4.69) is 4.98 Å². The van der Waals surface area contributed by atoms with Gasteiger partial charge in [0.25, 0.3) is 5.91 Å². The van der Waals surface area contributed by atoms with Gasteiger partial charge in [0.15, 0.2) is 6.23 Å². The molecule has 40 heavy (non-hydrogen) atoms. The summed E-state index contributed by atoms with van der Waals surface area (Å²) in [7, 11) is 3.15. The number of hydrogen-bond acceptors (Lipinski definition) is 9. The van der Waals surface area contributed by atoms with Crippen molar-refractivity contribution < 1.29 is 47.5 Å². The average Bonchev–Trinajstić information content (AvgIpc) is 3.36. The van der Waals surface area contributed by atoms with Gasteiger partial charge < -0.3 is 34.1 Å². The second-order valence-corrected chi connectivity index (χ2v) is 9.96. The van der Waals surface area contributed by atoms with Gasteiger partial charge in [0, 0.05) is 45.1 Å². The lowest BCUT2D eigenvalue weighted by Crippen LogP contribution is -2.34. The molecular formula is C27H29F2N3O8. The minimum Gasteiger partial charge on any atom is -0.493 e. The average molecular weight is 562 g/mol. The van der Waals surface area contributed by atoms with E-state index in [1.54, 1.807) is 27.1 Å². The van der Waals surface area contributed by atoms with E-state index in [0.717, 1.165) is 12.1 Å². The monoisotopic (exact) mass is 561 g/mol. The zero-order valence-electron chi connectivity index (χ0n) is 22.3. The van der Waals surface area contributed by atoms with Crippen molar-refractivity contribution in [2.24, 2.45) is 0 Å². The van der Waals surface area contributed by atoms with Gasteiger partial charge in [-0.1, -0.05) is 0 Å². The van der Waals surface area contributed by atoms with Crippen LogP contribution in [0, 0.1) is 18.6 Å². The van der Waals surface area contributed by atoms with Crippen LogP contribution in [0.25, 0.3) is 11.0 Å². The van der Waals surface area contributed by atoms with Crippen molar-refractivity contribution in [3.8, 4) is 11.5 Å². The van der Waals surface area contributed by atoms with Crippen molar-refractivity contribution in [2.75, 3.05) is 27.3 Å². The molecule has 3 aromatic rings. The summed E-state index contributed by atoms with van der Waals surface area (Å²) in [5.74, 6) is -2.00. The second-order valence-electron chi connectivity index (χ2n) is 9.96. The molecule has 13 heteroatoms. The lowest BCUT2D eigenvalue weighted by atomic mass is 10.0. The van der Waals surface area contributed by atoms with Gasteiger partial charge in [-0.25, -0.2) is 13.8 Å². The fraction of sp³-hybridized carbons (Fsp3) is 0.444. The van der Waals surface area contributed by atoms with Crippen molar-refractivity contribution in [3.63, 3.8) is 0 Å². The summed E-state index contributed by atoms with van der Waals surface area (Å²) in [4.78, 5) is 30.2. The van der Waals surface area contributed by atoms with Crippen LogP contribution < -0.4 is 9.47 Å². The maximum Gasteiger partial charge on any atom is 0.302 e. The number of nitrogens with zero attached hydrogens (tertiary/aromatic N) is 3. The van der Waals surface area contributed by atoms with E-state index in [0.29, 0.717) is 11.3 Å². The van der Waals surface area contributed by atoms with Gasteiger partial charge in [-0.2, -0.15) is 0 Å². The molecule has 1 amide bonds. The normalized spacial score (nSPS) is 23.9. The Morgan fingerprint density at radius 2 is 1.93 bits per heavy atom. The molecule has 0 bridgehead atoms. The standard InChI is InChI=1S/C27H29F2N3O8/c1-12-30-23-17(32(12)27-25(35)24(34)21(40-27)11-38-13(2)33)7-14(26(36)31(3)4)8-20(23)39-18-5-6-37-19-10-15(28)9-16(29)22(18)19/h7-10,18,21,24-25,27,34-35H,5-6,11H2,1-4H3/t18?,21-,24+,25-,27?/m1/s1. The predicted octanol–water partition coefficient (Wildman–Crippen LogP) is 2.41. The second kappa shape index (κ2) is 10.6. The Labute approximate surface area is 227 Å².